The smallest absolute Gasteiger partial charge is 0.407 e. The number of pyridine rings is 1. The second kappa shape index (κ2) is 19.4. The van der Waals surface area contributed by atoms with Crippen molar-refractivity contribution in [1.82, 2.24) is 25.2 Å². The van der Waals surface area contributed by atoms with Crippen molar-refractivity contribution in [1.29, 1.82) is 0 Å². The van der Waals surface area contributed by atoms with E-state index in [1.54, 1.807) is 13.0 Å². The summed E-state index contributed by atoms with van der Waals surface area (Å²) in [6.07, 6.45) is 11.5. The summed E-state index contributed by atoms with van der Waals surface area (Å²) in [7, 11) is -3.98. The minimum Gasteiger partial charge on any atom is -0.492 e. The molecule has 6 unspecified atom stereocenters. The predicted octanol–water partition coefficient (Wildman–Crippen LogP) is 5.63. The Morgan fingerprint density at radius 1 is 1.08 bits per heavy atom. The number of amides is 4. The molecule has 1 saturated heterocycles. The molecule has 0 radical (unpaired) electrons. The van der Waals surface area contributed by atoms with E-state index in [9.17, 15) is 32.7 Å². The van der Waals surface area contributed by atoms with Gasteiger partial charge in [-0.15, -0.1) is 6.58 Å². The first-order chi connectivity index (χ1) is 29.4. The van der Waals surface area contributed by atoms with E-state index in [0.29, 0.717) is 55.5 Å². The van der Waals surface area contributed by atoms with E-state index in [1.807, 2.05) is 30.3 Å². The third kappa shape index (κ3) is 10.7. The number of aromatic nitrogens is 1. The van der Waals surface area contributed by atoms with Gasteiger partial charge in [0, 0.05) is 44.2 Å². The van der Waals surface area contributed by atoms with Gasteiger partial charge in [0.2, 0.25) is 27.7 Å². The van der Waals surface area contributed by atoms with Crippen LogP contribution in [0.15, 0.2) is 49.1 Å². The van der Waals surface area contributed by atoms with Crippen LogP contribution >= 0.6 is 0 Å². The van der Waals surface area contributed by atoms with E-state index in [4.69, 9.17) is 19.2 Å². The monoisotopic (exact) mass is 879 g/mol. The SMILES string of the molecule is C=CC1CCC1(NC(=O)C1CC(Oc2nc3ccccc3c(OCCCO)c2CC=CCCC2CCCC2OC(=O)NCC(C)(C)C)CN1C(C)=O)C(=O)NS(=O)(=O)C1(C)CC1. The number of allylic oxidation sites excluding steroid dienone is 2. The summed E-state index contributed by atoms with van der Waals surface area (Å²) in [4.78, 5) is 59.8. The molecule has 4 amide bonds. The van der Waals surface area contributed by atoms with Crippen molar-refractivity contribution in [2.45, 2.75) is 140 Å². The van der Waals surface area contributed by atoms with Gasteiger partial charge in [-0.05, 0) is 94.6 Å². The maximum absolute atomic E-state index is 14.2. The zero-order valence-corrected chi connectivity index (χ0v) is 37.7. The van der Waals surface area contributed by atoms with Crippen LogP contribution in [0.5, 0.6) is 11.6 Å². The molecule has 4 N–H and O–H groups in total. The molecule has 62 heavy (non-hydrogen) atoms. The number of nitrogens with one attached hydrogen (secondary N) is 3. The number of hydrogen-bond donors (Lipinski definition) is 4. The summed E-state index contributed by atoms with van der Waals surface area (Å²) in [6.45, 7) is 13.8. The molecule has 2 aromatic rings. The van der Waals surface area contributed by atoms with Crippen LogP contribution in [0, 0.1) is 17.3 Å². The van der Waals surface area contributed by atoms with Crippen molar-refractivity contribution < 1.29 is 46.9 Å². The van der Waals surface area contributed by atoms with E-state index in [2.05, 4.69) is 48.8 Å². The molecule has 3 aliphatic carbocycles. The number of sulfonamides is 1. The molecular formula is C46H65N5O10S. The summed E-state index contributed by atoms with van der Waals surface area (Å²) in [6, 6.07) is 6.50. The number of nitrogens with zero attached hydrogens (tertiary/aromatic N) is 2. The van der Waals surface area contributed by atoms with Crippen molar-refractivity contribution in [2.24, 2.45) is 17.3 Å². The van der Waals surface area contributed by atoms with Crippen LogP contribution in [0.3, 0.4) is 0 Å². The molecule has 6 rings (SSSR count). The molecule has 15 nitrogen and oxygen atoms in total. The highest BCUT2D eigenvalue weighted by Gasteiger charge is 2.58. The van der Waals surface area contributed by atoms with Gasteiger partial charge in [0.15, 0.2) is 0 Å². The largest absolute Gasteiger partial charge is 0.492 e. The fourth-order valence-corrected chi connectivity index (χ4v) is 9.96. The maximum Gasteiger partial charge on any atom is 0.407 e. The Balaban J connectivity index is 1.18. The van der Waals surface area contributed by atoms with Gasteiger partial charge in [-0.2, -0.15) is 0 Å². The second-order valence-corrected chi connectivity index (χ2v) is 21.1. The molecular weight excluding hydrogens is 815 g/mol. The minimum absolute atomic E-state index is 0.0435. The third-order valence-corrected chi connectivity index (χ3v) is 15.0. The van der Waals surface area contributed by atoms with Crippen LogP contribution in [-0.2, 0) is 35.6 Å². The third-order valence-electron chi connectivity index (χ3n) is 12.9. The lowest BCUT2D eigenvalue weighted by atomic mass is 9.66. The topological polar surface area (TPSA) is 203 Å². The average Bonchev–Trinajstić information content (AvgIpc) is 3.60. The highest BCUT2D eigenvalue weighted by atomic mass is 32.2. The van der Waals surface area contributed by atoms with Gasteiger partial charge in [0.05, 0.1) is 29.0 Å². The first-order valence-corrected chi connectivity index (χ1v) is 23.6. The van der Waals surface area contributed by atoms with Crippen molar-refractivity contribution in [3.63, 3.8) is 0 Å². The molecule has 1 aliphatic heterocycles. The van der Waals surface area contributed by atoms with Gasteiger partial charge in [-0.1, -0.05) is 51.1 Å². The number of benzene rings is 1. The molecule has 4 aliphatic rings. The Kier molecular flexibility index (Phi) is 14.6. The van der Waals surface area contributed by atoms with E-state index in [0.717, 1.165) is 37.5 Å². The van der Waals surface area contributed by atoms with Gasteiger partial charge in [-0.25, -0.2) is 18.2 Å². The zero-order valence-electron chi connectivity index (χ0n) is 36.9. The minimum atomic E-state index is -3.98. The summed E-state index contributed by atoms with van der Waals surface area (Å²) in [5.74, 6) is -1.17. The lowest BCUT2D eigenvalue weighted by molar-refractivity contribution is -0.143. The first kappa shape index (κ1) is 46.8. The van der Waals surface area contributed by atoms with Crippen LogP contribution in [-0.4, -0.2) is 102 Å². The number of rotatable bonds is 19. The Morgan fingerprint density at radius 2 is 1.84 bits per heavy atom. The molecule has 6 atom stereocenters. The quantitative estimate of drug-likeness (QED) is 0.101. The number of para-hydroxylation sites is 1. The number of aliphatic hydroxyl groups is 1. The molecule has 1 aromatic heterocycles. The van der Waals surface area contributed by atoms with Crippen LogP contribution in [0.4, 0.5) is 4.79 Å². The predicted molar refractivity (Wildman–Crippen MR) is 235 cm³/mol. The summed E-state index contributed by atoms with van der Waals surface area (Å²) < 4.78 is 46.2. The van der Waals surface area contributed by atoms with E-state index >= 15 is 0 Å². The molecule has 0 bridgehead atoms. The first-order valence-electron chi connectivity index (χ1n) is 22.1. The van der Waals surface area contributed by atoms with Crippen LogP contribution in [0.2, 0.25) is 0 Å². The van der Waals surface area contributed by atoms with Gasteiger partial charge in [0.25, 0.3) is 5.91 Å². The lowest BCUT2D eigenvalue weighted by Crippen LogP contribution is -2.70. The van der Waals surface area contributed by atoms with Crippen molar-refractivity contribution in [3.8, 4) is 11.6 Å². The average molecular weight is 880 g/mol. The molecule has 2 heterocycles. The molecule has 340 valence electrons. The second-order valence-electron chi connectivity index (χ2n) is 18.9. The molecule has 3 saturated carbocycles. The Bertz CT molecular complexity index is 2130. The van der Waals surface area contributed by atoms with E-state index in [1.165, 1.54) is 11.8 Å². The van der Waals surface area contributed by atoms with Crippen LogP contribution < -0.4 is 24.8 Å². The molecule has 1 aromatic carbocycles. The number of alkyl carbamates (subject to hydrolysis) is 1. The number of ether oxygens (including phenoxy) is 3. The number of carbonyl (C=O) groups excluding carboxylic acids is 4. The highest BCUT2D eigenvalue weighted by Crippen LogP contribution is 2.45. The summed E-state index contributed by atoms with van der Waals surface area (Å²) in [5, 5.41) is 16.1. The van der Waals surface area contributed by atoms with Crippen LogP contribution in [0.1, 0.15) is 111 Å². The molecule has 4 fully saturated rings. The molecule has 16 heteroatoms. The van der Waals surface area contributed by atoms with E-state index < -0.39 is 50.2 Å². The number of carbonyl (C=O) groups is 4. The van der Waals surface area contributed by atoms with Gasteiger partial charge in [-0.3, -0.25) is 19.1 Å². The Morgan fingerprint density at radius 3 is 2.50 bits per heavy atom. The fourth-order valence-electron chi connectivity index (χ4n) is 8.65. The fraction of sp³-hybridized carbons (Fsp3) is 0.630. The summed E-state index contributed by atoms with van der Waals surface area (Å²) >= 11 is 0. The van der Waals surface area contributed by atoms with Gasteiger partial charge in [0.1, 0.15) is 29.5 Å². The van der Waals surface area contributed by atoms with E-state index in [-0.39, 0.29) is 67.9 Å². The maximum atomic E-state index is 14.2. The number of fused-ring (bicyclic) bond motifs is 1. The van der Waals surface area contributed by atoms with Crippen molar-refractivity contribution in [3.05, 3.63) is 54.6 Å². The van der Waals surface area contributed by atoms with Crippen molar-refractivity contribution in [2.75, 3.05) is 26.3 Å². The Labute approximate surface area is 365 Å². The normalized spacial score (nSPS) is 25.5. The number of likely N-dealkylation sites (tertiary alicyclic amines) is 1. The van der Waals surface area contributed by atoms with Gasteiger partial charge >= 0.3 is 6.09 Å². The molecule has 0 spiro atoms. The van der Waals surface area contributed by atoms with Crippen molar-refractivity contribution >= 4 is 44.7 Å². The lowest BCUT2D eigenvalue weighted by Gasteiger charge is -2.47. The number of hydrogen-bond acceptors (Lipinski definition) is 11. The summed E-state index contributed by atoms with van der Waals surface area (Å²) in [5.41, 5.74) is -0.294. The van der Waals surface area contributed by atoms with Gasteiger partial charge < -0.3 is 34.9 Å². The highest BCUT2D eigenvalue weighted by molar-refractivity contribution is 7.91. The zero-order chi connectivity index (χ0) is 44.9. The Hall–Kier alpha value is -4.70. The standard InChI is InChI=1S/C46H65N5O10S/c1-7-32-21-22-46(32,42(55)50-62(57,58)45(6)23-24-45)49-40(54)37-27-33(28-51(37)30(2)53)60-41-35(39(59-26-14-25-52)34-17-11-12-19-36(34)48-41)18-10-8-9-15-31-16-13-20-38(31)61-43(56)47-29-44(3,4)5/h7-8,10-12,17,19,31-33,37-38,52H,1,9,13-16,18,20-29H2,2-6H3,(H,47,56)(H,49,54)(H,50,55). The number of aliphatic hydroxyl groups excluding tert-OH is 1. The van der Waals surface area contributed by atoms with Crippen LogP contribution in [0.25, 0.3) is 10.9 Å².